The van der Waals surface area contributed by atoms with Gasteiger partial charge in [0.1, 0.15) is 6.04 Å². The molecule has 18 heavy (non-hydrogen) atoms. The molecule has 1 unspecified atom stereocenters. The number of carbonyl (C=O) groups is 1. The Kier molecular flexibility index (Phi) is 6.08. The minimum Gasteiger partial charge on any atom is -0.480 e. The van der Waals surface area contributed by atoms with Crippen molar-refractivity contribution in [2.24, 2.45) is 0 Å². The molecule has 0 spiro atoms. The van der Waals surface area contributed by atoms with Gasteiger partial charge in [-0.3, -0.25) is 10.1 Å². The van der Waals surface area contributed by atoms with Crippen molar-refractivity contribution >= 4 is 33.5 Å². The Morgan fingerprint density at radius 3 is 2.78 bits per heavy atom. The first-order valence-electron chi connectivity index (χ1n) is 5.47. The van der Waals surface area contributed by atoms with E-state index >= 15 is 0 Å². The lowest BCUT2D eigenvalue weighted by Gasteiger charge is -2.18. The van der Waals surface area contributed by atoms with Gasteiger partial charge in [0.2, 0.25) is 0 Å². The van der Waals surface area contributed by atoms with Crippen LogP contribution < -0.4 is 5.32 Å². The summed E-state index contributed by atoms with van der Waals surface area (Å²) in [6.45, 7) is 1.34. The number of hydrogen-bond donors (Lipinski definition) is 2. The molecule has 0 aromatic heterocycles. The Hall–Kier alpha value is -0.620. The SMILES string of the molecule is CN(C)CCNC(C(=O)O)c1cc(Br)ccc1Cl. The maximum absolute atomic E-state index is 11.3. The van der Waals surface area contributed by atoms with Crippen LogP contribution in [0.15, 0.2) is 22.7 Å². The monoisotopic (exact) mass is 334 g/mol. The number of benzene rings is 1. The summed E-state index contributed by atoms with van der Waals surface area (Å²) in [5, 5.41) is 12.7. The summed E-state index contributed by atoms with van der Waals surface area (Å²) in [5.41, 5.74) is 0.567. The van der Waals surface area contributed by atoms with Crippen LogP contribution in [-0.2, 0) is 4.79 Å². The predicted octanol–water partition coefficient (Wildman–Crippen LogP) is 2.38. The number of nitrogens with one attached hydrogen (secondary N) is 1. The molecule has 100 valence electrons. The fourth-order valence-electron chi connectivity index (χ4n) is 1.50. The second-order valence-electron chi connectivity index (χ2n) is 4.19. The number of rotatable bonds is 6. The Bertz CT molecular complexity index is 427. The maximum atomic E-state index is 11.3. The van der Waals surface area contributed by atoms with Crippen LogP contribution in [0.4, 0.5) is 0 Å². The van der Waals surface area contributed by atoms with Crippen LogP contribution in [0, 0.1) is 0 Å². The molecule has 1 aromatic carbocycles. The number of hydrogen-bond acceptors (Lipinski definition) is 3. The van der Waals surface area contributed by atoms with Crippen LogP contribution in [0.3, 0.4) is 0 Å². The number of likely N-dealkylation sites (N-methyl/N-ethyl adjacent to an activating group) is 1. The Morgan fingerprint density at radius 1 is 1.56 bits per heavy atom. The van der Waals surface area contributed by atoms with Crippen molar-refractivity contribution in [3.8, 4) is 0 Å². The molecule has 1 aromatic rings. The lowest BCUT2D eigenvalue weighted by molar-refractivity contribution is -0.139. The lowest BCUT2D eigenvalue weighted by atomic mass is 10.1. The average Bonchev–Trinajstić information content (AvgIpc) is 2.27. The van der Waals surface area contributed by atoms with Crippen LogP contribution in [0.1, 0.15) is 11.6 Å². The molecule has 0 radical (unpaired) electrons. The summed E-state index contributed by atoms with van der Waals surface area (Å²) >= 11 is 9.36. The predicted molar refractivity (Wildman–Crippen MR) is 76.1 cm³/mol. The number of nitrogens with zero attached hydrogens (tertiary/aromatic N) is 1. The highest BCUT2D eigenvalue weighted by atomic mass is 79.9. The molecule has 2 N–H and O–H groups in total. The van der Waals surface area contributed by atoms with Gasteiger partial charge in [0.05, 0.1) is 0 Å². The van der Waals surface area contributed by atoms with Gasteiger partial charge in [-0.25, -0.2) is 0 Å². The molecular weight excluding hydrogens is 320 g/mol. The summed E-state index contributed by atoms with van der Waals surface area (Å²) in [4.78, 5) is 13.3. The molecule has 0 saturated carbocycles. The topological polar surface area (TPSA) is 52.6 Å². The van der Waals surface area contributed by atoms with E-state index in [0.717, 1.165) is 11.0 Å². The summed E-state index contributed by atoms with van der Waals surface area (Å²) in [6, 6.07) is 4.40. The van der Waals surface area contributed by atoms with Crippen molar-refractivity contribution in [2.75, 3.05) is 27.2 Å². The fourth-order valence-corrected chi connectivity index (χ4v) is 2.10. The first-order valence-corrected chi connectivity index (χ1v) is 6.64. The lowest BCUT2D eigenvalue weighted by Crippen LogP contribution is -2.34. The van der Waals surface area contributed by atoms with Gasteiger partial charge in [-0.15, -0.1) is 0 Å². The van der Waals surface area contributed by atoms with Crippen LogP contribution in [0.2, 0.25) is 5.02 Å². The van der Waals surface area contributed by atoms with Crippen molar-refractivity contribution in [2.45, 2.75) is 6.04 Å². The van der Waals surface area contributed by atoms with E-state index < -0.39 is 12.0 Å². The summed E-state index contributed by atoms with van der Waals surface area (Å²) in [6.07, 6.45) is 0. The van der Waals surface area contributed by atoms with Gasteiger partial charge in [0.25, 0.3) is 0 Å². The smallest absolute Gasteiger partial charge is 0.325 e. The number of carboxylic acid groups (broad SMARTS) is 1. The molecule has 1 rings (SSSR count). The molecule has 0 fully saturated rings. The summed E-state index contributed by atoms with van der Waals surface area (Å²) in [7, 11) is 3.87. The molecule has 0 aliphatic rings. The molecule has 0 bridgehead atoms. The van der Waals surface area contributed by atoms with Crippen molar-refractivity contribution in [1.82, 2.24) is 10.2 Å². The Balaban J connectivity index is 2.84. The first kappa shape index (κ1) is 15.4. The fraction of sp³-hybridized carbons (Fsp3) is 0.417. The maximum Gasteiger partial charge on any atom is 0.325 e. The normalized spacial score (nSPS) is 12.7. The van der Waals surface area contributed by atoms with Gasteiger partial charge in [0.15, 0.2) is 0 Å². The molecule has 0 aliphatic carbocycles. The highest BCUT2D eigenvalue weighted by molar-refractivity contribution is 9.10. The highest BCUT2D eigenvalue weighted by Crippen LogP contribution is 2.26. The Morgan fingerprint density at radius 2 is 2.22 bits per heavy atom. The second-order valence-corrected chi connectivity index (χ2v) is 5.52. The van der Waals surface area contributed by atoms with Crippen molar-refractivity contribution in [3.63, 3.8) is 0 Å². The van der Waals surface area contributed by atoms with Gasteiger partial charge in [-0.2, -0.15) is 0 Å². The van der Waals surface area contributed by atoms with E-state index in [4.69, 9.17) is 11.6 Å². The van der Waals surface area contributed by atoms with Gasteiger partial charge < -0.3 is 10.0 Å². The van der Waals surface area contributed by atoms with E-state index in [2.05, 4.69) is 21.2 Å². The van der Waals surface area contributed by atoms with E-state index in [1.54, 1.807) is 18.2 Å². The van der Waals surface area contributed by atoms with E-state index in [1.165, 1.54) is 0 Å². The molecule has 1 atom stereocenters. The standard InChI is InChI=1S/C12H16BrClN2O2/c1-16(2)6-5-15-11(12(17)18)9-7-8(13)3-4-10(9)14/h3-4,7,11,15H,5-6H2,1-2H3,(H,17,18). The van der Waals surface area contributed by atoms with Crippen molar-refractivity contribution in [3.05, 3.63) is 33.3 Å². The summed E-state index contributed by atoms with van der Waals surface area (Å²) < 4.78 is 0.808. The van der Waals surface area contributed by atoms with Gasteiger partial charge in [0, 0.05) is 22.6 Å². The zero-order chi connectivity index (χ0) is 13.7. The van der Waals surface area contributed by atoms with Crippen LogP contribution in [0.25, 0.3) is 0 Å². The quantitative estimate of drug-likeness (QED) is 0.838. The zero-order valence-electron chi connectivity index (χ0n) is 10.3. The highest BCUT2D eigenvalue weighted by Gasteiger charge is 2.21. The third-order valence-corrected chi connectivity index (χ3v) is 3.26. The van der Waals surface area contributed by atoms with Gasteiger partial charge in [-0.05, 0) is 37.9 Å². The van der Waals surface area contributed by atoms with Gasteiger partial charge >= 0.3 is 5.97 Å². The first-order chi connectivity index (χ1) is 8.41. The van der Waals surface area contributed by atoms with Crippen LogP contribution in [0.5, 0.6) is 0 Å². The summed E-state index contributed by atoms with van der Waals surface area (Å²) in [5.74, 6) is -0.936. The molecule has 0 aliphatic heterocycles. The van der Waals surface area contributed by atoms with E-state index in [-0.39, 0.29) is 0 Å². The Labute approximate surface area is 120 Å². The number of halogens is 2. The van der Waals surface area contributed by atoms with Crippen LogP contribution in [-0.4, -0.2) is 43.2 Å². The van der Waals surface area contributed by atoms with E-state index in [1.807, 2.05) is 19.0 Å². The average molecular weight is 336 g/mol. The number of aliphatic carboxylic acids is 1. The van der Waals surface area contributed by atoms with Crippen molar-refractivity contribution in [1.29, 1.82) is 0 Å². The number of carboxylic acids is 1. The molecule has 0 amide bonds. The molecule has 6 heteroatoms. The molecule has 0 heterocycles. The molecule has 0 saturated heterocycles. The molecule has 4 nitrogen and oxygen atoms in total. The third kappa shape index (κ3) is 4.57. The minimum absolute atomic E-state index is 0.447. The van der Waals surface area contributed by atoms with Gasteiger partial charge in [-0.1, -0.05) is 27.5 Å². The zero-order valence-corrected chi connectivity index (χ0v) is 12.6. The minimum atomic E-state index is -0.936. The largest absolute Gasteiger partial charge is 0.480 e. The molecular formula is C12H16BrClN2O2. The van der Waals surface area contributed by atoms with Crippen molar-refractivity contribution < 1.29 is 9.90 Å². The van der Waals surface area contributed by atoms with Crippen LogP contribution >= 0.6 is 27.5 Å². The third-order valence-electron chi connectivity index (χ3n) is 2.42. The second kappa shape index (κ2) is 7.09. The van der Waals surface area contributed by atoms with E-state index in [0.29, 0.717) is 17.1 Å². The van der Waals surface area contributed by atoms with E-state index in [9.17, 15) is 9.90 Å².